The van der Waals surface area contributed by atoms with E-state index in [2.05, 4.69) is 5.32 Å². The van der Waals surface area contributed by atoms with Gasteiger partial charge >= 0.3 is 5.97 Å². The van der Waals surface area contributed by atoms with E-state index in [1.54, 1.807) is 49.6 Å². The first-order valence-corrected chi connectivity index (χ1v) is 8.67. The van der Waals surface area contributed by atoms with E-state index in [0.717, 1.165) is 5.56 Å². The number of benzene rings is 3. The average molecular weight is 381 g/mol. The van der Waals surface area contributed by atoms with E-state index in [0.29, 0.717) is 29.3 Å². The van der Waals surface area contributed by atoms with Crippen LogP contribution in [0.3, 0.4) is 0 Å². The molecule has 0 saturated carbocycles. The lowest BCUT2D eigenvalue weighted by atomic mass is 10.1. The number of carboxylic acids is 1. The van der Waals surface area contributed by atoms with Crippen LogP contribution in [0.25, 0.3) is 0 Å². The smallest absolute Gasteiger partial charge is 0.335 e. The predicted molar refractivity (Wildman–Crippen MR) is 104 cm³/mol. The van der Waals surface area contributed by atoms with Crippen molar-refractivity contribution in [2.24, 2.45) is 0 Å². The Morgan fingerprint density at radius 3 is 2.61 bits per heavy atom. The van der Waals surface area contributed by atoms with Crippen molar-refractivity contribution < 1.29 is 23.8 Å². The summed E-state index contributed by atoms with van der Waals surface area (Å²) in [5, 5.41) is 12.2. The molecule has 0 spiro atoms. The highest BCUT2D eigenvalue weighted by Crippen LogP contribution is 2.29. The maximum absolute atomic E-state index is 13.7. The molecular weight excluding hydrogens is 361 g/mol. The number of aromatic carboxylic acids is 1. The van der Waals surface area contributed by atoms with Gasteiger partial charge in [-0.1, -0.05) is 30.3 Å². The van der Waals surface area contributed by atoms with Crippen molar-refractivity contribution in [3.05, 3.63) is 89.2 Å². The Hall–Kier alpha value is -3.54. The van der Waals surface area contributed by atoms with E-state index >= 15 is 0 Å². The molecule has 28 heavy (non-hydrogen) atoms. The van der Waals surface area contributed by atoms with Gasteiger partial charge in [0.25, 0.3) is 0 Å². The molecule has 3 rings (SSSR count). The van der Waals surface area contributed by atoms with Crippen LogP contribution in [0, 0.1) is 5.82 Å². The Bertz CT molecular complexity index is 974. The summed E-state index contributed by atoms with van der Waals surface area (Å²) in [6.07, 6.45) is 0. The van der Waals surface area contributed by atoms with Gasteiger partial charge in [-0.05, 0) is 42.0 Å². The zero-order valence-electron chi connectivity index (χ0n) is 15.3. The molecule has 0 heterocycles. The Morgan fingerprint density at radius 1 is 1.04 bits per heavy atom. The molecule has 0 amide bonds. The third-order valence-electron chi connectivity index (χ3n) is 4.18. The zero-order chi connectivity index (χ0) is 19.9. The van der Waals surface area contributed by atoms with Crippen LogP contribution in [0.4, 0.5) is 10.1 Å². The van der Waals surface area contributed by atoms with E-state index in [9.17, 15) is 9.18 Å². The minimum Gasteiger partial charge on any atom is -0.493 e. The monoisotopic (exact) mass is 381 g/mol. The summed E-state index contributed by atoms with van der Waals surface area (Å²) in [5.74, 6) is -0.232. The standard InChI is InChI=1S/C22H20FNO4/c1-27-21-11-15(13-24-18-7-4-6-16(12-18)22(25)26)9-10-20(21)28-14-17-5-2-3-8-19(17)23/h2-12,24H,13-14H2,1H3,(H,25,26). The summed E-state index contributed by atoms with van der Waals surface area (Å²) in [6.45, 7) is 0.579. The first-order valence-electron chi connectivity index (χ1n) is 8.67. The van der Waals surface area contributed by atoms with Crippen LogP contribution in [0.5, 0.6) is 11.5 Å². The summed E-state index contributed by atoms with van der Waals surface area (Å²) < 4.78 is 24.8. The second kappa shape index (κ2) is 8.90. The van der Waals surface area contributed by atoms with E-state index in [1.165, 1.54) is 12.1 Å². The number of carbonyl (C=O) groups is 1. The molecule has 0 saturated heterocycles. The Kier molecular flexibility index (Phi) is 6.11. The molecule has 0 aromatic heterocycles. The second-order valence-corrected chi connectivity index (χ2v) is 6.10. The van der Waals surface area contributed by atoms with Crippen LogP contribution in [0.1, 0.15) is 21.5 Å². The van der Waals surface area contributed by atoms with Gasteiger partial charge in [-0.15, -0.1) is 0 Å². The molecule has 0 atom stereocenters. The maximum atomic E-state index is 13.7. The highest BCUT2D eigenvalue weighted by molar-refractivity contribution is 5.88. The molecule has 0 aliphatic heterocycles. The van der Waals surface area contributed by atoms with Crippen molar-refractivity contribution in [1.29, 1.82) is 0 Å². The van der Waals surface area contributed by atoms with Crippen LogP contribution in [0.15, 0.2) is 66.7 Å². The van der Waals surface area contributed by atoms with Crippen LogP contribution < -0.4 is 14.8 Å². The molecule has 5 nitrogen and oxygen atoms in total. The molecule has 2 N–H and O–H groups in total. The molecule has 6 heteroatoms. The van der Waals surface area contributed by atoms with Crippen molar-refractivity contribution in [1.82, 2.24) is 0 Å². The third-order valence-corrected chi connectivity index (χ3v) is 4.18. The molecule has 0 unspecified atom stereocenters. The van der Waals surface area contributed by atoms with Crippen LogP contribution >= 0.6 is 0 Å². The molecule has 0 aliphatic rings. The van der Waals surface area contributed by atoms with Crippen LogP contribution in [-0.4, -0.2) is 18.2 Å². The lowest BCUT2D eigenvalue weighted by Crippen LogP contribution is -2.03. The van der Waals surface area contributed by atoms with Gasteiger partial charge in [-0.3, -0.25) is 0 Å². The fourth-order valence-corrected chi connectivity index (χ4v) is 2.68. The van der Waals surface area contributed by atoms with Crippen molar-refractivity contribution in [2.75, 3.05) is 12.4 Å². The van der Waals surface area contributed by atoms with E-state index in [-0.39, 0.29) is 18.0 Å². The lowest BCUT2D eigenvalue weighted by molar-refractivity contribution is 0.0697. The quantitative estimate of drug-likeness (QED) is 0.591. The Balaban J connectivity index is 1.66. The number of nitrogens with one attached hydrogen (secondary N) is 1. The molecule has 0 bridgehead atoms. The Labute approximate surface area is 162 Å². The number of anilines is 1. The van der Waals surface area contributed by atoms with Gasteiger partial charge in [0.1, 0.15) is 12.4 Å². The summed E-state index contributed by atoms with van der Waals surface area (Å²) in [4.78, 5) is 11.1. The minimum atomic E-state index is -0.971. The number of hydrogen-bond acceptors (Lipinski definition) is 4. The normalized spacial score (nSPS) is 10.4. The molecule has 0 fully saturated rings. The van der Waals surface area contributed by atoms with Gasteiger partial charge in [0.2, 0.25) is 0 Å². The largest absolute Gasteiger partial charge is 0.493 e. The molecular formula is C22H20FNO4. The SMILES string of the molecule is COc1cc(CNc2cccc(C(=O)O)c2)ccc1OCc1ccccc1F. The molecule has 3 aromatic carbocycles. The summed E-state index contributed by atoms with van der Waals surface area (Å²) in [6, 6.07) is 18.5. The minimum absolute atomic E-state index is 0.0998. The van der Waals surface area contributed by atoms with E-state index in [4.69, 9.17) is 14.6 Å². The van der Waals surface area contributed by atoms with E-state index < -0.39 is 5.97 Å². The number of carboxylic acid groups (broad SMARTS) is 1. The highest BCUT2D eigenvalue weighted by Gasteiger charge is 2.09. The van der Waals surface area contributed by atoms with Crippen molar-refractivity contribution in [2.45, 2.75) is 13.2 Å². The van der Waals surface area contributed by atoms with E-state index in [1.807, 2.05) is 12.1 Å². The van der Waals surface area contributed by atoms with Crippen molar-refractivity contribution >= 4 is 11.7 Å². The molecule has 0 aliphatic carbocycles. The first kappa shape index (κ1) is 19.2. The summed E-state index contributed by atoms with van der Waals surface area (Å²) >= 11 is 0. The fraction of sp³-hybridized carbons (Fsp3) is 0.136. The Morgan fingerprint density at radius 2 is 1.86 bits per heavy atom. The van der Waals surface area contributed by atoms with Gasteiger partial charge in [0, 0.05) is 17.8 Å². The lowest BCUT2D eigenvalue weighted by Gasteiger charge is -2.13. The third kappa shape index (κ3) is 4.79. The van der Waals surface area contributed by atoms with Crippen LogP contribution in [0.2, 0.25) is 0 Å². The van der Waals surface area contributed by atoms with Crippen molar-refractivity contribution in [3.63, 3.8) is 0 Å². The topological polar surface area (TPSA) is 67.8 Å². The number of ether oxygens (including phenoxy) is 2. The van der Waals surface area contributed by atoms with Gasteiger partial charge in [-0.2, -0.15) is 0 Å². The first-order chi connectivity index (χ1) is 13.6. The molecule has 0 radical (unpaired) electrons. The average Bonchev–Trinajstić information content (AvgIpc) is 2.72. The zero-order valence-corrected chi connectivity index (χ0v) is 15.3. The van der Waals surface area contributed by atoms with Crippen molar-refractivity contribution in [3.8, 4) is 11.5 Å². The van der Waals surface area contributed by atoms with Gasteiger partial charge in [0.05, 0.1) is 12.7 Å². The summed E-state index contributed by atoms with van der Waals surface area (Å²) in [5.41, 5.74) is 2.32. The van der Waals surface area contributed by atoms with Gasteiger partial charge in [-0.25, -0.2) is 9.18 Å². The highest BCUT2D eigenvalue weighted by atomic mass is 19.1. The maximum Gasteiger partial charge on any atom is 0.335 e. The number of hydrogen-bond donors (Lipinski definition) is 2. The number of methoxy groups -OCH3 is 1. The summed E-state index contributed by atoms with van der Waals surface area (Å²) in [7, 11) is 1.54. The molecule has 3 aromatic rings. The number of halogens is 1. The van der Waals surface area contributed by atoms with Gasteiger partial charge < -0.3 is 19.9 Å². The fourth-order valence-electron chi connectivity index (χ4n) is 2.68. The number of rotatable bonds is 8. The second-order valence-electron chi connectivity index (χ2n) is 6.10. The van der Waals surface area contributed by atoms with Crippen LogP contribution in [-0.2, 0) is 13.2 Å². The van der Waals surface area contributed by atoms with Gasteiger partial charge in [0.15, 0.2) is 11.5 Å². The molecule has 144 valence electrons. The predicted octanol–water partition coefficient (Wildman–Crippen LogP) is 4.72.